The van der Waals surface area contributed by atoms with Crippen molar-refractivity contribution < 1.29 is 14.3 Å². The number of anilines is 1. The Balaban J connectivity index is 1.75. The summed E-state index contributed by atoms with van der Waals surface area (Å²) >= 11 is 0. The minimum Gasteiger partial charge on any atom is -0.497 e. The van der Waals surface area contributed by atoms with Gasteiger partial charge in [0.05, 0.1) is 12.5 Å². The number of likely N-dealkylation sites (N-methyl/N-ethyl adjacent to an activating group) is 1. The minimum absolute atomic E-state index is 0.00818. The van der Waals surface area contributed by atoms with Crippen molar-refractivity contribution >= 4 is 17.5 Å². The lowest BCUT2D eigenvalue weighted by molar-refractivity contribution is -0.165. The summed E-state index contributed by atoms with van der Waals surface area (Å²) < 4.78 is 5.35. The van der Waals surface area contributed by atoms with Gasteiger partial charge in [0.15, 0.2) is 0 Å². The Bertz CT molecular complexity index is 1020. The quantitative estimate of drug-likeness (QED) is 0.855. The summed E-state index contributed by atoms with van der Waals surface area (Å²) in [7, 11) is 3.37. The van der Waals surface area contributed by atoms with Gasteiger partial charge in [0.2, 0.25) is 11.8 Å². The second-order valence-corrected chi connectivity index (χ2v) is 8.54. The molecule has 2 saturated heterocycles. The molecule has 0 spiro atoms. The standard InChI is InChI=1S/C23H25N3O3/c1-14-19(27)26-20-23(13-22(26,2)21(28)25(14)3,15-9-11-16(29-4)12-10-15)17-7-5-6-8-18(17)24-20/h5-12,14,20,24H,13H2,1-4H3/t14-,20+,22-,23-/m0/s1. The van der Waals surface area contributed by atoms with Crippen molar-refractivity contribution in [1.29, 1.82) is 0 Å². The van der Waals surface area contributed by atoms with Crippen molar-refractivity contribution in [2.24, 2.45) is 0 Å². The molecule has 150 valence electrons. The van der Waals surface area contributed by atoms with Crippen LogP contribution in [0.25, 0.3) is 0 Å². The summed E-state index contributed by atoms with van der Waals surface area (Å²) in [5.41, 5.74) is 1.81. The highest BCUT2D eigenvalue weighted by molar-refractivity contribution is 6.01. The number of rotatable bonds is 2. The van der Waals surface area contributed by atoms with Crippen molar-refractivity contribution in [2.45, 2.75) is 43.4 Å². The normalized spacial score (nSPS) is 32.6. The number of nitrogens with one attached hydrogen (secondary N) is 1. The fourth-order valence-corrected chi connectivity index (χ4v) is 5.58. The fraction of sp³-hybridized carbons (Fsp3) is 0.391. The summed E-state index contributed by atoms with van der Waals surface area (Å²) in [4.78, 5) is 30.2. The van der Waals surface area contributed by atoms with E-state index in [9.17, 15) is 9.59 Å². The van der Waals surface area contributed by atoms with E-state index in [-0.39, 0.29) is 18.0 Å². The molecule has 2 aromatic carbocycles. The molecular weight excluding hydrogens is 366 g/mol. The Labute approximate surface area is 170 Å². The summed E-state index contributed by atoms with van der Waals surface area (Å²) in [6.45, 7) is 3.71. The van der Waals surface area contributed by atoms with Crippen LogP contribution < -0.4 is 10.1 Å². The maximum absolute atomic E-state index is 13.4. The van der Waals surface area contributed by atoms with E-state index in [0.717, 1.165) is 22.6 Å². The van der Waals surface area contributed by atoms with Crippen LogP contribution in [0.1, 0.15) is 31.4 Å². The number of benzene rings is 2. The zero-order valence-corrected chi connectivity index (χ0v) is 17.1. The van der Waals surface area contributed by atoms with E-state index in [2.05, 4.69) is 23.5 Å². The number of carbonyl (C=O) groups is 2. The lowest BCUT2D eigenvalue weighted by Crippen LogP contribution is -2.68. The average Bonchev–Trinajstić information content (AvgIpc) is 3.19. The zero-order chi connectivity index (χ0) is 20.6. The molecule has 0 radical (unpaired) electrons. The molecule has 6 heteroatoms. The van der Waals surface area contributed by atoms with Gasteiger partial charge in [0.25, 0.3) is 0 Å². The topological polar surface area (TPSA) is 61.9 Å². The van der Waals surface area contributed by atoms with Crippen LogP contribution in [0.4, 0.5) is 5.69 Å². The van der Waals surface area contributed by atoms with Crippen LogP contribution in [0.15, 0.2) is 48.5 Å². The molecule has 0 bridgehead atoms. The number of hydrogen-bond donors (Lipinski definition) is 1. The van der Waals surface area contributed by atoms with E-state index in [1.54, 1.807) is 26.0 Å². The van der Waals surface area contributed by atoms with Crippen LogP contribution in [0.2, 0.25) is 0 Å². The Morgan fingerprint density at radius 1 is 1.10 bits per heavy atom. The first-order valence-electron chi connectivity index (χ1n) is 9.95. The summed E-state index contributed by atoms with van der Waals surface area (Å²) in [6.07, 6.45) is 0.216. The predicted octanol–water partition coefficient (Wildman–Crippen LogP) is 2.58. The monoisotopic (exact) mass is 391 g/mol. The molecule has 5 rings (SSSR count). The minimum atomic E-state index is -0.899. The first-order valence-corrected chi connectivity index (χ1v) is 9.95. The molecule has 0 unspecified atom stereocenters. The lowest BCUT2D eigenvalue weighted by atomic mass is 9.70. The summed E-state index contributed by atoms with van der Waals surface area (Å²) in [5, 5.41) is 3.58. The van der Waals surface area contributed by atoms with Gasteiger partial charge in [-0.15, -0.1) is 0 Å². The molecule has 29 heavy (non-hydrogen) atoms. The number of fused-ring (bicyclic) bond motifs is 5. The maximum atomic E-state index is 13.4. The van der Waals surface area contributed by atoms with Crippen LogP contribution in [0, 0.1) is 0 Å². The molecule has 2 amide bonds. The molecule has 3 aliphatic heterocycles. The number of amides is 2. The SMILES string of the molecule is COc1ccc([C@]23C[C@@]4(C)C(=O)N(C)[C@@H](C)C(=O)N4[C@H]2Nc2ccccc23)cc1. The van der Waals surface area contributed by atoms with E-state index in [0.29, 0.717) is 6.42 Å². The number of piperazine rings is 1. The number of methoxy groups -OCH3 is 1. The van der Waals surface area contributed by atoms with Crippen LogP contribution in [0.5, 0.6) is 5.75 Å². The zero-order valence-electron chi connectivity index (χ0n) is 17.1. The molecular formula is C23H25N3O3. The first-order chi connectivity index (χ1) is 13.8. The van der Waals surface area contributed by atoms with Crippen molar-refractivity contribution in [3.8, 4) is 5.75 Å². The summed E-state index contributed by atoms with van der Waals surface area (Å²) in [5.74, 6) is 0.754. The molecule has 2 fully saturated rings. The predicted molar refractivity (Wildman–Crippen MR) is 110 cm³/mol. The molecule has 3 heterocycles. The van der Waals surface area contributed by atoms with E-state index < -0.39 is 17.0 Å². The van der Waals surface area contributed by atoms with Gasteiger partial charge in [-0.05, 0) is 49.6 Å². The van der Waals surface area contributed by atoms with Crippen LogP contribution in [-0.2, 0) is 15.0 Å². The number of nitrogens with zero attached hydrogens (tertiary/aromatic N) is 2. The number of ether oxygens (including phenoxy) is 1. The van der Waals surface area contributed by atoms with Gasteiger partial charge in [-0.1, -0.05) is 30.3 Å². The molecule has 0 aromatic heterocycles. The van der Waals surface area contributed by atoms with Gasteiger partial charge in [-0.25, -0.2) is 0 Å². The lowest BCUT2D eigenvalue weighted by Gasteiger charge is -2.47. The highest BCUT2D eigenvalue weighted by Gasteiger charge is 2.69. The third-order valence-corrected chi connectivity index (χ3v) is 7.14. The van der Waals surface area contributed by atoms with Gasteiger partial charge in [0.1, 0.15) is 23.5 Å². The third kappa shape index (κ3) is 2.06. The van der Waals surface area contributed by atoms with Gasteiger partial charge in [0, 0.05) is 12.7 Å². The molecule has 0 saturated carbocycles. The average molecular weight is 391 g/mol. The Morgan fingerprint density at radius 3 is 2.48 bits per heavy atom. The number of hydrogen-bond acceptors (Lipinski definition) is 4. The van der Waals surface area contributed by atoms with Crippen molar-refractivity contribution in [3.05, 3.63) is 59.7 Å². The second kappa shape index (κ2) is 5.75. The summed E-state index contributed by atoms with van der Waals surface area (Å²) in [6, 6.07) is 15.7. The van der Waals surface area contributed by atoms with Gasteiger partial charge in [-0.3, -0.25) is 9.59 Å². The highest BCUT2D eigenvalue weighted by atomic mass is 16.5. The van der Waals surface area contributed by atoms with Crippen LogP contribution in [-0.4, -0.2) is 53.5 Å². The first kappa shape index (κ1) is 18.0. The molecule has 1 N–H and O–H groups in total. The van der Waals surface area contributed by atoms with Crippen molar-refractivity contribution in [3.63, 3.8) is 0 Å². The Kier molecular flexibility index (Phi) is 3.58. The van der Waals surface area contributed by atoms with Crippen molar-refractivity contribution in [2.75, 3.05) is 19.5 Å². The fourth-order valence-electron chi connectivity index (χ4n) is 5.58. The van der Waals surface area contributed by atoms with Gasteiger partial charge < -0.3 is 19.9 Å². The van der Waals surface area contributed by atoms with Crippen LogP contribution in [0.3, 0.4) is 0 Å². The Morgan fingerprint density at radius 2 is 1.79 bits per heavy atom. The highest BCUT2D eigenvalue weighted by Crippen LogP contribution is 2.59. The number of para-hydroxylation sites is 1. The second-order valence-electron chi connectivity index (χ2n) is 8.54. The van der Waals surface area contributed by atoms with Gasteiger partial charge in [-0.2, -0.15) is 0 Å². The maximum Gasteiger partial charge on any atom is 0.248 e. The number of carbonyl (C=O) groups excluding carboxylic acids is 2. The van der Waals surface area contributed by atoms with Crippen molar-refractivity contribution in [1.82, 2.24) is 9.80 Å². The smallest absolute Gasteiger partial charge is 0.248 e. The third-order valence-electron chi connectivity index (χ3n) is 7.14. The largest absolute Gasteiger partial charge is 0.497 e. The van der Waals surface area contributed by atoms with E-state index in [1.807, 2.05) is 42.2 Å². The van der Waals surface area contributed by atoms with Gasteiger partial charge >= 0.3 is 0 Å². The molecule has 2 aromatic rings. The molecule has 4 atom stereocenters. The van der Waals surface area contributed by atoms with Crippen LogP contribution >= 0.6 is 0 Å². The van der Waals surface area contributed by atoms with E-state index in [4.69, 9.17) is 4.74 Å². The Hall–Kier alpha value is -3.02. The van der Waals surface area contributed by atoms with E-state index in [1.165, 1.54) is 0 Å². The van der Waals surface area contributed by atoms with E-state index >= 15 is 0 Å². The molecule has 0 aliphatic carbocycles. The molecule has 6 nitrogen and oxygen atoms in total. The molecule has 3 aliphatic rings.